The largest absolute Gasteiger partial charge is 0.399 e. The van der Waals surface area contributed by atoms with Crippen molar-refractivity contribution >= 4 is 16.7 Å². The van der Waals surface area contributed by atoms with Gasteiger partial charge in [0.1, 0.15) is 5.65 Å². The Kier molecular flexibility index (Phi) is 5.72. The average molecular weight is 402 g/mol. The number of rotatable bonds is 7. The second kappa shape index (κ2) is 8.75. The zero-order valence-electron chi connectivity index (χ0n) is 16.4. The number of benzene rings is 2. The molecule has 0 unspecified atom stereocenters. The number of pyridine rings is 1. The molecule has 0 saturated carbocycles. The van der Waals surface area contributed by atoms with E-state index in [9.17, 15) is 9.59 Å². The van der Waals surface area contributed by atoms with Gasteiger partial charge in [0, 0.05) is 11.9 Å². The van der Waals surface area contributed by atoms with Gasteiger partial charge in [0.05, 0.1) is 31.7 Å². The predicted octanol–water partition coefficient (Wildman–Crippen LogP) is 2.41. The fraction of sp³-hybridized carbons (Fsp3) is 0.174. The van der Waals surface area contributed by atoms with Gasteiger partial charge in [0.25, 0.3) is 5.56 Å². The number of anilines is 1. The van der Waals surface area contributed by atoms with E-state index in [2.05, 4.69) is 4.98 Å². The van der Waals surface area contributed by atoms with Gasteiger partial charge >= 0.3 is 5.69 Å². The van der Waals surface area contributed by atoms with Crippen molar-refractivity contribution in [3.8, 4) is 0 Å². The fourth-order valence-electron chi connectivity index (χ4n) is 3.31. The predicted molar refractivity (Wildman–Crippen MR) is 116 cm³/mol. The Labute approximate surface area is 173 Å². The molecule has 2 heterocycles. The first-order chi connectivity index (χ1) is 14.6. The summed E-state index contributed by atoms with van der Waals surface area (Å²) in [7, 11) is 0. The minimum absolute atomic E-state index is 0.164. The third-order valence-corrected chi connectivity index (χ3v) is 4.87. The van der Waals surface area contributed by atoms with E-state index in [1.165, 1.54) is 9.13 Å². The first-order valence-corrected chi connectivity index (χ1v) is 9.68. The highest BCUT2D eigenvalue weighted by atomic mass is 16.5. The third kappa shape index (κ3) is 4.16. The molecular formula is C23H22N4O3. The lowest BCUT2D eigenvalue weighted by molar-refractivity contribution is 0.111. The van der Waals surface area contributed by atoms with Crippen LogP contribution < -0.4 is 17.0 Å². The molecule has 4 aromatic rings. The molecule has 2 aromatic carbocycles. The highest BCUT2D eigenvalue weighted by Crippen LogP contribution is 2.10. The van der Waals surface area contributed by atoms with E-state index in [0.717, 1.165) is 11.1 Å². The molecule has 0 amide bonds. The number of nitrogens with zero attached hydrogens (tertiary/aromatic N) is 3. The summed E-state index contributed by atoms with van der Waals surface area (Å²) in [4.78, 5) is 30.3. The van der Waals surface area contributed by atoms with Crippen molar-refractivity contribution in [1.29, 1.82) is 0 Å². The Morgan fingerprint density at radius 1 is 0.867 bits per heavy atom. The first-order valence-electron chi connectivity index (χ1n) is 9.68. The van der Waals surface area contributed by atoms with E-state index < -0.39 is 5.69 Å². The van der Waals surface area contributed by atoms with Crippen molar-refractivity contribution in [3.63, 3.8) is 0 Å². The Morgan fingerprint density at radius 3 is 2.40 bits per heavy atom. The lowest BCUT2D eigenvalue weighted by Crippen LogP contribution is -2.41. The SMILES string of the molecule is Nc1ccc(Cn2c(=O)n(CCOCc3ccccc3)c(=O)c3cccnc32)cc1. The number of fused-ring (bicyclic) bond motifs is 1. The molecule has 7 heteroatoms. The molecule has 0 aliphatic carbocycles. The van der Waals surface area contributed by atoms with Gasteiger partial charge in [0.2, 0.25) is 0 Å². The van der Waals surface area contributed by atoms with Crippen LogP contribution >= 0.6 is 0 Å². The number of hydrogen-bond acceptors (Lipinski definition) is 5. The second-order valence-electron chi connectivity index (χ2n) is 6.98. The van der Waals surface area contributed by atoms with Crippen LogP contribution in [0, 0.1) is 0 Å². The molecule has 0 radical (unpaired) electrons. The third-order valence-electron chi connectivity index (χ3n) is 4.87. The number of ether oxygens (including phenoxy) is 1. The van der Waals surface area contributed by atoms with Crippen molar-refractivity contribution in [1.82, 2.24) is 14.1 Å². The summed E-state index contributed by atoms with van der Waals surface area (Å²) in [5, 5.41) is 0.399. The maximum atomic E-state index is 13.1. The van der Waals surface area contributed by atoms with Crippen LogP contribution in [0.15, 0.2) is 82.5 Å². The minimum atomic E-state index is -0.411. The van der Waals surface area contributed by atoms with E-state index in [4.69, 9.17) is 10.5 Å². The lowest BCUT2D eigenvalue weighted by Gasteiger charge is -2.14. The van der Waals surface area contributed by atoms with Crippen LogP contribution in [0.25, 0.3) is 11.0 Å². The van der Waals surface area contributed by atoms with Crippen LogP contribution in [0.5, 0.6) is 0 Å². The maximum Gasteiger partial charge on any atom is 0.333 e. The average Bonchev–Trinajstić information content (AvgIpc) is 2.78. The van der Waals surface area contributed by atoms with Crippen molar-refractivity contribution in [2.75, 3.05) is 12.3 Å². The monoisotopic (exact) mass is 402 g/mol. The molecule has 0 aliphatic rings. The van der Waals surface area contributed by atoms with Crippen LogP contribution in [-0.2, 0) is 24.4 Å². The fourth-order valence-corrected chi connectivity index (χ4v) is 3.31. The van der Waals surface area contributed by atoms with E-state index >= 15 is 0 Å². The van der Waals surface area contributed by atoms with Crippen molar-refractivity contribution in [2.45, 2.75) is 19.7 Å². The molecule has 7 nitrogen and oxygen atoms in total. The summed E-state index contributed by atoms with van der Waals surface area (Å²) in [5.74, 6) is 0. The van der Waals surface area contributed by atoms with Crippen LogP contribution in [0.1, 0.15) is 11.1 Å². The standard InChI is InChI=1S/C23H22N4O3/c24-19-10-8-17(9-11-19)15-27-21-20(7-4-12-25-21)22(28)26(23(27)29)13-14-30-16-18-5-2-1-3-6-18/h1-12H,13-16,24H2. The molecular weight excluding hydrogens is 380 g/mol. The van der Waals surface area contributed by atoms with E-state index in [0.29, 0.717) is 23.3 Å². The van der Waals surface area contributed by atoms with Crippen molar-refractivity contribution in [3.05, 3.63) is 105 Å². The summed E-state index contributed by atoms with van der Waals surface area (Å²) in [6.45, 7) is 1.12. The van der Waals surface area contributed by atoms with Gasteiger partial charge in [-0.3, -0.25) is 13.9 Å². The highest BCUT2D eigenvalue weighted by molar-refractivity contribution is 5.73. The smallest absolute Gasteiger partial charge is 0.333 e. The van der Waals surface area contributed by atoms with Gasteiger partial charge < -0.3 is 10.5 Å². The lowest BCUT2D eigenvalue weighted by atomic mass is 10.2. The Bertz CT molecular complexity index is 1260. The Balaban J connectivity index is 1.63. The number of aromatic nitrogens is 3. The number of nitrogens with two attached hydrogens (primary N) is 1. The summed E-state index contributed by atoms with van der Waals surface area (Å²) < 4.78 is 8.41. The molecule has 0 fully saturated rings. The maximum absolute atomic E-state index is 13.1. The molecule has 0 atom stereocenters. The molecule has 0 saturated heterocycles. The highest BCUT2D eigenvalue weighted by Gasteiger charge is 2.14. The quantitative estimate of drug-likeness (QED) is 0.379. The van der Waals surface area contributed by atoms with Gasteiger partial charge in [-0.25, -0.2) is 9.78 Å². The molecule has 30 heavy (non-hydrogen) atoms. The van der Waals surface area contributed by atoms with Gasteiger partial charge in [0.15, 0.2) is 0 Å². The molecule has 2 N–H and O–H groups in total. The minimum Gasteiger partial charge on any atom is -0.399 e. The molecule has 4 rings (SSSR count). The van der Waals surface area contributed by atoms with Crippen LogP contribution in [0.3, 0.4) is 0 Å². The second-order valence-corrected chi connectivity index (χ2v) is 6.98. The summed E-state index contributed by atoms with van der Waals surface area (Å²) in [5.41, 5.74) is 7.92. The topological polar surface area (TPSA) is 92.1 Å². The zero-order chi connectivity index (χ0) is 20.9. The zero-order valence-corrected chi connectivity index (χ0v) is 16.4. The van der Waals surface area contributed by atoms with Crippen molar-refractivity contribution in [2.24, 2.45) is 0 Å². The van der Waals surface area contributed by atoms with Gasteiger partial charge in [-0.1, -0.05) is 42.5 Å². The molecule has 0 bridgehead atoms. The molecule has 152 valence electrons. The van der Waals surface area contributed by atoms with E-state index in [-0.39, 0.29) is 25.3 Å². The Hall–Kier alpha value is -3.71. The Morgan fingerprint density at radius 2 is 1.63 bits per heavy atom. The number of hydrogen-bond donors (Lipinski definition) is 1. The van der Waals surface area contributed by atoms with E-state index in [1.807, 2.05) is 42.5 Å². The summed E-state index contributed by atoms with van der Waals surface area (Å²) in [6, 6.07) is 20.4. The van der Waals surface area contributed by atoms with Crippen LogP contribution in [0.2, 0.25) is 0 Å². The van der Waals surface area contributed by atoms with Crippen LogP contribution in [-0.4, -0.2) is 20.7 Å². The molecule has 0 spiro atoms. The normalized spacial score (nSPS) is 11.1. The molecule has 0 aliphatic heterocycles. The summed E-state index contributed by atoms with van der Waals surface area (Å²) >= 11 is 0. The summed E-state index contributed by atoms with van der Waals surface area (Å²) in [6.07, 6.45) is 1.58. The van der Waals surface area contributed by atoms with Gasteiger partial charge in [-0.15, -0.1) is 0 Å². The van der Waals surface area contributed by atoms with Crippen molar-refractivity contribution < 1.29 is 4.74 Å². The van der Waals surface area contributed by atoms with Crippen LogP contribution in [0.4, 0.5) is 5.69 Å². The van der Waals surface area contributed by atoms with E-state index in [1.54, 1.807) is 30.5 Å². The van der Waals surface area contributed by atoms with Gasteiger partial charge in [-0.05, 0) is 35.4 Å². The molecule has 2 aromatic heterocycles. The first kappa shape index (κ1) is 19.6. The number of nitrogen functional groups attached to an aromatic ring is 1. The van der Waals surface area contributed by atoms with Gasteiger partial charge in [-0.2, -0.15) is 0 Å².